The van der Waals surface area contributed by atoms with Crippen LogP contribution in [0.4, 0.5) is 4.79 Å². The summed E-state index contributed by atoms with van der Waals surface area (Å²) >= 11 is 0. The van der Waals surface area contributed by atoms with E-state index in [9.17, 15) is 14.2 Å². The van der Waals surface area contributed by atoms with Gasteiger partial charge in [-0.25, -0.2) is 4.79 Å². The second-order valence-corrected chi connectivity index (χ2v) is 9.62. The van der Waals surface area contributed by atoms with Gasteiger partial charge >= 0.3 is 13.7 Å². The van der Waals surface area contributed by atoms with Crippen molar-refractivity contribution in [3.8, 4) is 0 Å². The first kappa shape index (κ1) is 29.4. The van der Waals surface area contributed by atoms with Crippen LogP contribution in [0, 0.1) is 0 Å². The molecule has 2 amide bonds. The summed E-state index contributed by atoms with van der Waals surface area (Å²) in [6, 6.07) is 6.27. The van der Waals surface area contributed by atoms with Gasteiger partial charge in [-0.15, -0.1) is 12.4 Å². The van der Waals surface area contributed by atoms with Crippen molar-refractivity contribution in [3.63, 3.8) is 0 Å². The Hall–Kier alpha value is -1.64. The van der Waals surface area contributed by atoms with Crippen LogP contribution >= 0.6 is 20.0 Å². The first-order chi connectivity index (χ1) is 15.3. The zero-order chi connectivity index (χ0) is 23.6. The van der Waals surface area contributed by atoms with E-state index in [-0.39, 0.29) is 37.6 Å². The van der Waals surface area contributed by atoms with Crippen LogP contribution in [-0.4, -0.2) is 73.8 Å². The van der Waals surface area contributed by atoms with E-state index in [1.54, 1.807) is 47.9 Å². The molecule has 1 fully saturated rings. The van der Waals surface area contributed by atoms with Crippen molar-refractivity contribution in [2.24, 2.45) is 5.73 Å². The molecule has 0 radical (unpaired) electrons. The molecule has 0 aliphatic carbocycles. The van der Waals surface area contributed by atoms with Gasteiger partial charge in [-0.3, -0.25) is 9.36 Å². The summed E-state index contributed by atoms with van der Waals surface area (Å²) in [4.78, 5) is 28.1. The van der Waals surface area contributed by atoms with Crippen LogP contribution in [0.5, 0.6) is 0 Å². The summed E-state index contributed by atoms with van der Waals surface area (Å²) in [6.45, 7) is 8.27. The molecule has 2 rings (SSSR count). The van der Waals surface area contributed by atoms with E-state index in [4.69, 9.17) is 19.5 Å². The molecule has 0 spiro atoms. The molecule has 1 atom stereocenters. The molecule has 1 saturated heterocycles. The number of piperazine rings is 1. The van der Waals surface area contributed by atoms with Crippen molar-refractivity contribution in [2.45, 2.75) is 46.1 Å². The third kappa shape index (κ3) is 8.58. The molecule has 1 aliphatic heterocycles. The number of hydrogen-bond acceptors (Lipinski definition) is 7. The predicted molar refractivity (Wildman–Crippen MR) is 130 cm³/mol. The fourth-order valence-corrected chi connectivity index (χ4v) is 4.99. The van der Waals surface area contributed by atoms with Crippen molar-refractivity contribution in [1.29, 1.82) is 0 Å². The standard InChI is InChI=1S/C22H36N3O6P.ClH/c1-4-7-16-29-22(27)25-14-12-24(13-15-25)21(26)20(23)17-18-8-10-19(11-9-18)32(28,30-5-2)31-6-3;/h8-11,20H,4-7,12-17,23H2,1-3H3;1H. The average Bonchev–Trinajstić information content (AvgIpc) is 2.79. The predicted octanol–water partition coefficient (Wildman–Crippen LogP) is 2.95. The van der Waals surface area contributed by atoms with Gasteiger partial charge < -0.3 is 29.3 Å². The summed E-state index contributed by atoms with van der Waals surface area (Å²) in [5.41, 5.74) is 7.03. The Kier molecular flexibility index (Phi) is 13.0. The Morgan fingerprint density at radius 3 is 2.06 bits per heavy atom. The highest BCUT2D eigenvalue weighted by Crippen LogP contribution is 2.46. The maximum Gasteiger partial charge on any atom is 0.409 e. The lowest BCUT2D eigenvalue weighted by atomic mass is 10.1. The molecule has 1 aromatic carbocycles. The second kappa shape index (κ2) is 14.6. The van der Waals surface area contributed by atoms with Crippen LogP contribution in [0.3, 0.4) is 0 Å². The van der Waals surface area contributed by atoms with Crippen molar-refractivity contribution in [1.82, 2.24) is 9.80 Å². The molecule has 1 aromatic rings. The van der Waals surface area contributed by atoms with Crippen molar-refractivity contribution in [2.75, 3.05) is 46.0 Å². The molecule has 1 unspecified atom stereocenters. The molecule has 1 heterocycles. The number of amides is 2. The van der Waals surface area contributed by atoms with E-state index in [1.807, 2.05) is 6.92 Å². The fourth-order valence-electron chi connectivity index (χ4n) is 3.42. The average molecular weight is 506 g/mol. The van der Waals surface area contributed by atoms with E-state index in [1.165, 1.54) is 0 Å². The monoisotopic (exact) mass is 505 g/mol. The van der Waals surface area contributed by atoms with Crippen LogP contribution < -0.4 is 11.0 Å². The molecule has 188 valence electrons. The summed E-state index contributed by atoms with van der Waals surface area (Å²) in [7, 11) is -3.34. The number of halogens is 1. The van der Waals surface area contributed by atoms with E-state index in [0.29, 0.717) is 44.5 Å². The molecule has 0 bridgehead atoms. The molecular weight excluding hydrogens is 469 g/mol. The highest BCUT2D eigenvalue weighted by molar-refractivity contribution is 7.62. The Balaban J connectivity index is 0.00000544. The van der Waals surface area contributed by atoms with E-state index in [2.05, 4.69) is 0 Å². The zero-order valence-corrected chi connectivity index (χ0v) is 21.4. The summed E-state index contributed by atoms with van der Waals surface area (Å²) < 4.78 is 28.8. The fraction of sp³-hybridized carbons (Fsp3) is 0.636. The normalized spacial score (nSPS) is 15.0. The number of rotatable bonds is 11. The molecule has 11 heteroatoms. The molecular formula is C22H37ClN3O6P. The minimum atomic E-state index is -3.34. The van der Waals surface area contributed by atoms with Gasteiger partial charge in [0.25, 0.3) is 0 Å². The minimum absolute atomic E-state index is 0. The molecule has 33 heavy (non-hydrogen) atoms. The van der Waals surface area contributed by atoms with Crippen LogP contribution in [0.1, 0.15) is 39.2 Å². The number of nitrogens with zero attached hydrogens (tertiary/aromatic N) is 2. The molecule has 0 aromatic heterocycles. The van der Waals surface area contributed by atoms with Gasteiger partial charge in [0.05, 0.1) is 31.2 Å². The van der Waals surface area contributed by atoms with Crippen molar-refractivity contribution in [3.05, 3.63) is 29.8 Å². The SMILES string of the molecule is CCCCOC(=O)N1CCN(C(=O)C(N)Cc2ccc(P(=O)(OCC)OCC)cc2)CC1.Cl. The molecule has 9 nitrogen and oxygen atoms in total. The van der Waals surface area contributed by atoms with Gasteiger partial charge in [-0.2, -0.15) is 0 Å². The number of unbranched alkanes of at least 4 members (excludes halogenated alkanes) is 1. The highest BCUT2D eigenvalue weighted by Gasteiger charge is 2.29. The van der Waals surface area contributed by atoms with E-state index in [0.717, 1.165) is 18.4 Å². The maximum atomic E-state index is 12.8. The number of carbonyl (C=O) groups excluding carboxylic acids is 2. The lowest BCUT2D eigenvalue weighted by Crippen LogP contribution is -2.54. The summed E-state index contributed by atoms with van der Waals surface area (Å²) in [5, 5.41) is 0.479. The van der Waals surface area contributed by atoms with Gasteiger partial charge in [0.2, 0.25) is 5.91 Å². The first-order valence-corrected chi connectivity index (χ1v) is 12.8. The van der Waals surface area contributed by atoms with Crippen LogP contribution in [0.2, 0.25) is 0 Å². The molecule has 0 saturated carbocycles. The number of nitrogens with two attached hydrogens (primary N) is 1. The van der Waals surface area contributed by atoms with Gasteiger partial charge in [0, 0.05) is 26.2 Å². The number of benzene rings is 1. The van der Waals surface area contributed by atoms with Gasteiger partial charge in [-0.1, -0.05) is 25.5 Å². The quantitative estimate of drug-likeness (QED) is 0.363. The Morgan fingerprint density at radius 1 is 1.00 bits per heavy atom. The van der Waals surface area contributed by atoms with Crippen molar-refractivity contribution < 1.29 is 27.9 Å². The van der Waals surface area contributed by atoms with E-state index >= 15 is 0 Å². The topological polar surface area (TPSA) is 111 Å². The third-order valence-corrected chi connectivity index (χ3v) is 7.32. The number of ether oxygens (including phenoxy) is 1. The third-order valence-electron chi connectivity index (χ3n) is 5.20. The zero-order valence-electron chi connectivity index (χ0n) is 19.7. The minimum Gasteiger partial charge on any atom is -0.449 e. The smallest absolute Gasteiger partial charge is 0.409 e. The van der Waals surface area contributed by atoms with Crippen LogP contribution in [0.15, 0.2) is 24.3 Å². The highest BCUT2D eigenvalue weighted by atomic mass is 35.5. The lowest BCUT2D eigenvalue weighted by molar-refractivity contribution is -0.134. The van der Waals surface area contributed by atoms with Gasteiger partial charge in [-0.05, 0) is 44.4 Å². The largest absolute Gasteiger partial charge is 0.449 e. The Bertz CT molecular complexity index is 777. The first-order valence-electron chi connectivity index (χ1n) is 11.3. The Morgan fingerprint density at radius 2 is 1.55 bits per heavy atom. The van der Waals surface area contributed by atoms with Crippen LogP contribution in [0.25, 0.3) is 0 Å². The molecule has 1 aliphatic rings. The van der Waals surface area contributed by atoms with Crippen molar-refractivity contribution >= 4 is 37.3 Å². The van der Waals surface area contributed by atoms with E-state index < -0.39 is 13.6 Å². The summed E-state index contributed by atoms with van der Waals surface area (Å²) in [5.74, 6) is -0.151. The maximum absolute atomic E-state index is 12.8. The van der Waals surface area contributed by atoms with Crippen LogP contribution in [-0.2, 0) is 29.6 Å². The summed E-state index contributed by atoms with van der Waals surface area (Å²) in [6.07, 6.45) is 1.83. The Labute approximate surface area is 202 Å². The second-order valence-electron chi connectivity index (χ2n) is 7.59. The van der Waals surface area contributed by atoms with Gasteiger partial charge in [0.15, 0.2) is 0 Å². The lowest BCUT2D eigenvalue weighted by Gasteiger charge is -2.35. The number of carbonyl (C=O) groups is 2. The molecule has 2 N–H and O–H groups in total. The van der Waals surface area contributed by atoms with Gasteiger partial charge in [0.1, 0.15) is 0 Å². The number of hydrogen-bond donors (Lipinski definition) is 1.